The Hall–Kier alpha value is -1.88. The normalized spacial score (nSPS) is 14.3. The summed E-state index contributed by atoms with van der Waals surface area (Å²) in [6.07, 6.45) is 1.85. The lowest BCUT2D eigenvalue weighted by molar-refractivity contribution is -0.180. The van der Waals surface area contributed by atoms with E-state index in [1.165, 1.54) is 24.3 Å². The van der Waals surface area contributed by atoms with Crippen LogP contribution in [0.4, 0.5) is 0 Å². The van der Waals surface area contributed by atoms with E-state index in [9.17, 15) is 9.59 Å². The number of hydroxylamine groups is 2. The SMILES string of the molecule is CON(Cc1ccc(C(=O)O)cc1)C(=O)C1CC1. The highest BCUT2D eigenvalue weighted by Gasteiger charge is 2.33. The Morgan fingerprint density at radius 1 is 1.33 bits per heavy atom. The molecule has 0 bridgehead atoms. The molecule has 5 heteroatoms. The Bertz CT molecular complexity index is 451. The summed E-state index contributed by atoms with van der Waals surface area (Å²) >= 11 is 0. The number of aromatic carboxylic acids is 1. The van der Waals surface area contributed by atoms with Gasteiger partial charge in [-0.2, -0.15) is 0 Å². The van der Waals surface area contributed by atoms with Crippen LogP contribution in [0.5, 0.6) is 0 Å². The Labute approximate surface area is 105 Å². The highest BCUT2D eigenvalue weighted by atomic mass is 16.7. The maximum atomic E-state index is 11.8. The second-order valence-electron chi connectivity index (χ2n) is 4.33. The largest absolute Gasteiger partial charge is 0.478 e. The van der Waals surface area contributed by atoms with Gasteiger partial charge in [0.1, 0.15) is 0 Å². The van der Waals surface area contributed by atoms with Crippen molar-refractivity contribution < 1.29 is 19.5 Å². The van der Waals surface area contributed by atoms with Gasteiger partial charge >= 0.3 is 5.97 Å². The third kappa shape index (κ3) is 2.87. The summed E-state index contributed by atoms with van der Waals surface area (Å²) in [5.41, 5.74) is 1.08. The van der Waals surface area contributed by atoms with Crippen molar-refractivity contribution in [1.29, 1.82) is 0 Å². The van der Waals surface area contributed by atoms with Crippen molar-refractivity contribution in [2.45, 2.75) is 19.4 Å². The van der Waals surface area contributed by atoms with E-state index in [1.54, 1.807) is 12.1 Å². The second-order valence-corrected chi connectivity index (χ2v) is 4.33. The molecule has 1 fully saturated rings. The van der Waals surface area contributed by atoms with E-state index in [-0.39, 0.29) is 17.4 Å². The molecule has 96 valence electrons. The van der Waals surface area contributed by atoms with Gasteiger partial charge in [0.05, 0.1) is 19.2 Å². The number of carbonyl (C=O) groups excluding carboxylic acids is 1. The molecular formula is C13H15NO4. The number of nitrogens with zero attached hydrogens (tertiary/aromatic N) is 1. The van der Waals surface area contributed by atoms with Gasteiger partial charge in [0.15, 0.2) is 0 Å². The molecule has 1 aromatic carbocycles. The summed E-state index contributed by atoms with van der Waals surface area (Å²) < 4.78 is 0. The number of benzene rings is 1. The Balaban J connectivity index is 2.02. The van der Waals surface area contributed by atoms with Gasteiger partial charge in [-0.3, -0.25) is 9.63 Å². The maximum Gasteiger partial charge on any atom is 0.335 e. The Morgan fingerprint density at radius 2 is 1.94 bits per heavy atom. The average Bonchev–Trinajstić information content (AvgIpc) is 3.20. The summed E-state index contributed by atoms with van der Waals surface area (Å²) in [5, 5.41) is 10.1. The molecule has 0 saturated heterocycles. The van der Waals surface area contributed by atoms with Crippen molar-refractivity contribution in [3.05, 3.63) is 35.4 Å². The number of hydrogen-bond donors (Lipinski definition) is 1. The van der Waals surface area contributed by atoms with Crippen molar-refractivity contribution >= 4 is 11.9 Å². The van der Waals surface area contributed by atoms with Gasteiger partial charge in [-0.15, -0.1) is 0 Å². The highest BCUT2D eigenvalue weighted by molar-refractivity contribution is 5.87. The van der Waals surface area contributed by atoms with Crippen LogP contribution in [0.1, 0.15) is 28.8 Å². The lowest BCUT2D eigenvalue weighted by Gasteiger charge is -2.19. The monoisotopic (exact) mass is 249 g/mol. The molecule has 0 heterocycles. The smallest absolute Gasteiger partial charge is 0.335 e. The zero-order chi connectivity index (χ0) is 13.1. The van der Waals surface area contributed by atoms with E-state index in [0.29, 0.717) is 6.54 Å². The van der Waals surface area contributed by atoms with E-state index in [1.807, 2.05) is 0 Å². The number of carboxylic acid groups (broad SMARTS) is 1. The number of rotatable bonds is 5. The molecule has 1 saturated carbocycles. The average molecular weight is 249 g/mol. The lowest BCUT2D eigenvalue weighted by Crippen LogP contribution is -2.30. The maximum absolute atomic E-state index is 11.8. The summed E-state index contributed by atoms with van der Waals surface area (Å²) in [5.74, 6) is -0.859. The second kappa shape index (κ2) is 5.18. The van der Waals surface area contributed by atoms with Crippen LogP contribution >= 0.6 is 0 Å². The molecule has 5 nitrogen and oxygen atoms in total. The molecular weight excluding hydrogens is 234 g/mol. The molecule has 1 aliphatic rings. The van der Waals surface area contributed by atoms with E-state index in [2.05, 4.69) is 0 Å². The predicted octanol–water partition coefficient (Wildman–Crippen LogP) is 1.68. The van der Waals surface area contributed by atoms with Gasteiger partial charge < -0.3 is 5.11 Å². The summed E-state index contributed by atoms with van der Waals surface area (Å²) in [7, 11) is 1.46. The van der Waals surface area contributed by atoms with Crippen LogP contribution in [0, 0.1) is 5.92 Å². The third-order valence-electron chi connectivity index (χ3n) is 2.92. The molecule has 0 radical (unpaired) electrons. The van der Waals surface area contributed by atoms with E-state index < -0.39 is 5.97 Å². The van der Waals surface area contributed by atoms with Gasteiger partial charge in [0, 0.05) is 5.92 Å². The zero-order valence-electron chi connectivity index (χ0n) is 10.1. The molecule has 0 atom stereocenters. The van der Waals surface area contributed by atoms with Gasteiger partial charge in [-0.05, 0) is 30.5 Å². The summed E-state index contributed by atoms with van der Waals surface area (Å²) in [6.45, 7) is 0.339. The van der Waals surface area contributed by atoms with Crippen molar-refractivity contribution in [2.75, 3.05) is 7.11 Å². The zero-order valence-corrected chi connectivity index (χ0v) is 10.1. The molecule has 0 spiro atoms. The van der Waals surface area contributed by atoms with Crippen LogP contribution in [0.25, 0.3) is 0 Å². The topological polar surface area (TPSA) is 66.8 Å². The fraction of sp³-hybridized carbons (Fsp3) is 0.385. The summed E-state index contributed by atoms with van der Waals surface area (Å²) in [6, 6.07) is 6.42. The van der Waals surface area contributed by atoms with Crippen LogP contribution in [-0.2, 0) is 16.2 Å². The van der Waals surface area contributed by atoms with Crippen LogP contribution in [-0.4, -0.2) is 29.2 Å². The van der Waals surface area contributed by atoms with E-state index >= 15 is 0 Å². The molecule has 0 aromatic heterocycles. The van der Waals surface area contributed by atoms with Crippen molar-refractivity contribution in [3.8, 4) is 0 Å². The number of hydrogen-bond acceptors (Lipinski definition) is 3. The first-order valence-electron chi connectivity index (χ1n) is 5.79. The molecule has 1 N–H and O–H groups in total. The van der Waals surface area contributed by atoms with Gasteiger partial charge in [0.2, 0.25) is 5.91 Å². The third-order valence-corrected chi connectivity index (χ3v) is 2.92. The predicted molar refractivity (Wildman–Crippen MR) is 63.7 cm³/mol. The Kier molecular flexibility index (Phi) is 3.62. The standard InChI is InChI=1S/C13H15NO4/c1-18-14(12(15)10-6-7-10)8-9-2-4-11(5-3-9)13(16)17/h2-5,10H,6-8H2,1H3,(H,16,17). The molecule has 1 aliphatic carbocycles. The molecule has 2 rings (SSSR count). The van der Waals surface area contributed by atoms with Gasteiger partial charge in [-0.1, -0.05) is 12.1 Å². The quantitative estimate of drug-likeness (QED) is 0.806. The highest BCUT2D eigenvalue weighted by Crippen LogP contribution is 2.31. The fourth-order valence-corrected chi connectivity index (χ4v) is 1.68. The lowest BCUT2D eigenvalue weighted by atomic mass is 10.1. The van der Waals surface area contributed by atoms with Gasteiger partial charge in [0.25, 0.3) is 0 Å². The van der Waals surface area contributed by atoms with Crippen molar-refractivity contribution in [3.63, 3.8) is 0 Å². The molecule has 1 aromatic rings. The first kappa shape index (κ1) is 12.6. The molecule has 0 unspecified atom stereocenters. The van der Waals surface area contributed by atoms with Crippen LogP contribution in [0.3, 0.4) is 0 Å². The van der Waals surface area contributed by atoms with Crippen molar-refractivity contribution in [2.24, 2.45) is 5.92 Å². The molecule has 1 amide bonds. The molecule has 18 heavy (non-hydrogen) atoms. The minimum absolute atomic E-state index is 0.000175. The fourth-order valence-electron chi connectivity index (χ4n) is 1.68. The first-order chi connectivity index (χ1) is 8.61. The minimum Gasteiger partial charge on any atom is -0.478 e. The van der Waals surface area contributed by atoms with Crippen molar-refractivity contribution in [1.82, 2.24) is 5.06 Å². The Morgan fingerprint density at radius 3 is 2.39 bits per heavy atom. The number of carboxylic acids is 1. The minimum atomic E-state index is -0.959. The van der Waals surface area contributed by atoms with Gasteiger partial charge in [-0.25, -0.2) is 9.86 Å². The van der Waals surface area contributed by atoms with Crippen LogP contribution in [0.2, 0.25) is 0 Å². The summed E-state index contributed by atoms with van der Waals surface area (Å²) in [4.78, 5) is 27.6. The number of carbonyl (C=O) groups is 2. The van der Waals surface area contributed by atoms with E-state index in [0.717, 1.165) is 18.4 Å². The van der Waals surface area contributed by atoms with E-state index in [4.69, 9.17) is 9.94 Å². The van der Waals surface area contributed by atoms with Crippen LogP contribution in [0.15, 0.2) is 24.3 Å². The van der Waals surface area contributed by atoms with Crippen LogP contribution < -0.4 is 0 Å². The number of amides is 1. The molecule has 0 aliphatic heterocycles. The first-order valence-corrected chi connectivity index (χ1v) is 5.79.